The van der Waals surface area contributed by atoms with Crippen LogP contribution >= 0.6 is 11.8 Å². The van der Waals surface area contributed by atoms with E-state index in [1.165, 1.54) is 0 Å². The zero-order valence-corrected chi connectivity index (χ0v) is 15.4. The van der Waals surface area contributed by atoms with Crippen LogP contribution in [0, 0.1) is 5.41 Å². The Labute approximate surface area is 146 Å². The quantitative estimate of drug-likeness (QED) is 0.406. The third-order valence-corrected chi connectivity index (χ3v) is 4.55. The van der Waals surface area contributed by atoms with Gasteiger partial charge in [0.15, 0.2) is 0 Å². The molecule has 20 heavy (non-hydrogen) atoms. The summed E-state index contributed by atoms with van der Waals surface area (Å²) in [7, 11) is 0. The van der Waals surface area contributed by atoms with E-state index < -0.39 is 23.3 Å². The molecule has 1 fully saturated rings. The van der Waals surface area contributed by atoms with Crippen LogP contribution in [0.25, 0.3) is 0 Å². The average molecular weight is 309 g/mol. The Bertz CT molecular complexity index is 344. The van der Waals surface area contributed by atoms with Crippen LogP contribution in [-0.2, 0) is 9.59 Å². The van der Waals surface area contributed by atoms with Gasteiger partial charge in [0, 0.05) is 35.3 Å². The summed E-state index contributed by atoms with van der Waals surface area (Å²) in [4.78, 5) is 35.4. The van der Waals surface area contributed by atoms with Gasteiger partial charge in [-0.3, -0.25) is 20.2 Å². The Kier molecular flexibility index (Phi) is 9.80. The number of urea groups is 1. The summed E-state index contributed by atoms with van der Waals surface area (Å²) in [6, 6.07) is -0.708. The van der Waals surface area contributed by atoms with E-state index in [1.54, 1.807) is 11.8 Å². The monoisotopic (exact) mass is 309 g/mol. The molecule has 1 rings (SSSR count). The van der Waals surface area contributed by atoms with Gasteiger partial charge in [0.25, 0.3) is 0 Å². The summed E-state index contributed by atoms with van der Waals surface area (Å²) in [6.07, 6.45) is 4.36. The molecule has 0 unspecified atom stereocenters. The van der Waals surface area contributed by atoms with Crippen molar-refractivity contribution in [1.29, 1.82) is 0 Å². The SMILES string of the molecule is CCCCSCC1(CCCC)C(=O)NC(=O)NC1=O.[Na]. The van der Waals surface area contributed by atoms with Gasteiger partial charge < -0.3 is 0 Å². The second kappa shape index (κ2) is 9.82. The number of rotatable bonds is 8. The molecule has 0 aromatic heterocycles. The predicted octanol–water partition coefficient (Wildman–Crippen LogP) is 1.68. The average Bonchev–Trinajstić information content (AvgIpc) is 2.36. The fraction of sp³-hybridized carbons (Fsp3) is 0.769. The van der Waals surface area contributed by atoms with Gasteiger partial charge in [0.1, 0.15) is 5.41 Å². The van der Waals surface area contributed by atoms with Crippen LogP contribution in [0.4, 0.5) is 4.79 Å². The number of hydrogen-bond donors (Lipinski definition) is 2. The molecule has 109 valence electrons. The zero-order valence-electron chi connectivity index (χ0n) is 12.6. The van der Waals surface area contributed by atoms with Crippen molar-refractivity contribution in [3.63, 3.8) is 0 Å². The van der Waals surface area contributed by atoms with Crippen LogP contribution in [0.1, 0.15) is 46.0 Å². The van der Waals surface area contributed by atoms with Crippen molar-refractivity contribution >= 4 is 59.2 Å². The number of imide groups is 2. The number of thioether (sulfide) groups is 1. The number of nitrogens with one attached hydrogen (secondary N) is 2. The molecule has 1 aliphatic rings. The third kappa shape index (κ3) is 5.06. The van der Waals surface area contributed by atoms with E-state index in [0.717, 1.165) is 31.4 Å². The summed E-state index contributed by atoms with van der Waals surface area (Å²) < 4.78 is 0. The molecule has 2 N–H and O–H groups in total. The minimum absolute atomic E-state index is 0. The first-order valence-electron chi connectivity index (χ1n) is 6.81. The normalized spacial score (nSPS) is 17.2. The molecule has 0 aliphatic carbocycles. The molecular weight excluding hydrogens is 287 g/mol. The largest absolute Gasteiger partial charge is 0.328 e. The molecule has 0 aromatic rings. The van der Waals surface area contributed by atoms with Crippen molar-refractivity contribution in [2.75, 3.05) is 11.5 Å². The summed E-state index contributed by atoms with van der Waals surface area (Å²) in [5.74, 6) is 0.481. The summed E-state index contributed by atoms with van der Waals surface area (Å²) in [5, 5.41) is 4.45. The van der Waals surface area contributed by atoms with Crippen molar-refractivity contribution in [2.24, 2.45) is 5.41 Å². The predicted molar refractivity (Wildman–Crippen MR) is 81.6 cm³/mol. The van der Waals surface area contributed by atoms with Gasteiger partial charge in [-0.05, 0) is 18.6 Å². The molecule has 0 spiro atoms. The zero-order chi connectivity index (χ0) is 14.3. The van der Waals surface area contributed by atoms with Crippen LogP contribution in [-0.4, -0.2) is 58.9 Å². The maximum Gasteiger partial charge on any atom is 0.328 e. The van der Waals surface area contributed by atoms with E-state index in [-0.39, 0.29) is 29.6 Å². The molecule has 5 nitrogen and oxygen atoms in total. The Morgan fingerprint density at radius 3 is 2.05 bits per heavy atom. The summed E-state index contributed by atoms with van der Waals surface area (Å²) in [6.45, 7) is 4.12. The van der Waals surface area contributed by atoms with Crippen molar-refractivity contribution < 1.29 is 14.4 Å². The number of carbonyl (C=O) groups excluding carboxylic acids is 3. The van der Waals surface area contributed by atoms with Crippen LogP contribution in [0.15, 0.2) is 0 Å². The molecule has 1 heterocycles. The van der Waals surface area contributed by atoms with Gasteiger partial charge in [0.05, 0.1) is 0 Å². The van der Waals surface area contributed by atoms with E-state index in [4.69, 9.17) is 0 Å². The first-order chi connectivity index (χ1) is 9.06. The van der Waals surface area contributed by atoms with E-state index >= 15 is 0 Å². The van der Waals surface area contributed by atoms with Crippen LogP contribution in [0.5, 0.6) is 0 Å². The fourth-order valence-electron chi connectivity index (χ4n) is 1.98. The topological polar surface area (TPSA) is 75.3 Å². The second-order valence-electron chi connectivity index (χ2n) is 4.83. The Balaban J connectivity index is 0.00000361. The van der Waals surface area contributed by atoms with Gasteiger partial charge in [-0.1, -0.05) is 33.1 Å². The molecule has 0 aromatic carbocycles. The Morgan fingerprint density at radius 1 is 1.00 bits per heavy atom. The van der Waals surface area contributed by atoms with Crippen LogP contribution < -0.4 is 10.6 Å². The molecular formula is C13H22N2NaO3S. The smallest absolute Gasteiger partial charge is 0.277 e. The molecule has 4 amide bonds. The fourth-order valence-corrected chi connectivity index (χ4v) is 3.37. The summed E-state index contributed by atoms with van der Waals surface area (Å²) >= 11 is 1.61. The van der Waals surface area contributed by atoms with E-state index in [9.17, 15) is 14.4 Å². The molecule has 1 aliphatic heterocycles. The molecule has 1 saturated heterocycles. The van der Waals surface area contributed by atoms with Gasteiger partial charge >= 0.3 is 6.03 Å². The van der Waals surface area contributed by atoms with E-state index in [0.29, 0.717) is 12.2 Å². The van der Waals surface area contributed by atoms with Crippen molar-refractivity contribution in [1.82, 2.24) is 10.6 Å². The van der Waals surface area contributed by atoms with Gasteiger partial charge in [0.2, 0.25) is 11.8 Å². The minimum atomic E-state index is -1.08. The number of hydrogen-bond acceptors (Lipinski definition) is 4. The Hall–Kier alpha value is -0.0400. The Morgan fingerprint density at radius 2 is 1.55 bits per heavy atom. The number of amides is 4. The molecule has 0 atom stereocenters. The molecule has 1 radical (unpaired) electrons. The van der Waals surface area contributed by atoms with Gasteiger partial charge in [-0.15, -0.1) is 0 Å². The van der Waals surface area contributed by atoms with Gasteiger partial charge in [-0.2, -0.15) is 11.8 Å². The third-order valence-electron chi connectivity index (χ3n) is 3.27. The van der Waals surface area contributed by atoms with Gasteiger partial charge in [-0.25, -0.2) is 4.79 Å². The van der Waals surface area contributed by atoms with Crippen LogP contribution in [0.2, 0.25) is 0 Å². The number of barbiturate groups is 1. The standard InChI is InChI=1S/C13H22N2O3S.Na/c1-3-5-7-13(9-19-8-6-4-2)10(16)14-12(18)15-11(13)17;/h3-9H2,1-2H3,(H2,14,15,16,17,18);. The van der Waals surface area contributed by atoms with Crippen molar-refractivity contribution in [2.45, 2.75) is 46.0 Å². The first-order valence-corrected chi connectivity index (χ1v) is 7.97. The first kappa shape index (κ1) is 20.0. The minimum Gasteiger partial charge on any atom is -0.277 e. The second-order valence-corrected chi connectivity index (χ2v) is 5.93. The molecule has 0 saturated carbocycles. The van der Waals surface area contributed by atoms with E-state index in [2.05, 4.69) is 17.6 Å². The maximum atomic E-state index is 12.1. The number of unbranched alkanes of at least 4 members (excludes halogenated alkanes) is 2. The van der Waals surface area contributed by atoms with E-state index in [1.807, 2.05) is 6.92 Å². The van der Waals surface area contributed by atoms with Crippen molar-refractivity contribution in [3.05, 3.63) is 0 Å². The molecule has 7 heteroatoms. The maximum absolute atomic E-state index is 12.1. The summed E-state index contributed by atoms with van der Waals surface area (Å²) in [5.41, 5.74) is -1.08. The molecule has 0 bridgehead atoms. The van der Waals surface area contributed by atoms with Crippen LogP contribution in [0.3, 0.4) is 0 Å². The van der Waals surface area contributed by atoms with Crippen molar-refractivity contribution in [3.8, 4) is 0 Å². The number of carbonyl (C=O) groups is 3.